The number of ether oxygens (including phenoxy) is 1. The van der Waals surface area contributed by atoms with Crippen molar-refractivity contribution in [2.24, 2.45) is 0 Å². The zero-order chi connectivity index (χ0) is 14.8. The Hall–Kier alpha value is -1.76. The van der Waals surface area contributed by atoms with Gasteiger partial charge in [0, 0.05) is 18.0 Å². The van der Waals surface area contributed by atoms with Crippen LogP contribution in [-0.2, 0) is 15.7 Å². The Morgan fingerprint density at radius 3 is 2.70 bits per heavy atom. The Kier molecular flexibility index (Phi) is 4.17. The molecule has 0 aliphatic carbocycles. The van der Waals surface area contributed by atoms with E-state index in [1.54, 1.807) is 0 Å². The van der Waals surface area contributed by atoms with E-state index in [2.05, 4.69) is 5.32 Å². The number of halogens is 3. The number of nitrogens with two attached hydrogens (primary N) is 1. The molecule has 110 valence electrons. The van der Waals surface area contributed by atoms with Crippen LogP contribution >= 0.6 is 0 Å². The van der Waals surface area contributed by atoms with Crippen molar-refractivity contribution in [2.75, 3.05) is 17.7 Å². The van der Waals surface area contributed by atoms with Crippen LogP contribution in [0.3, 0.4) is 0 Å². The molecule has 7 heteroatoms. The van der Waals surface area contributed by atoms with Gasteiger partial charge in [-0.05, 0) is 37.5 Å². The molecule has 1 aliphatic rings. The van der Waals surface area contributed by atoms with Gasteiger partial charge in [0.05, 0.1) is 5.56 Å². The van der Waals surface area contributed by atoms with Gasteiger partial charge in [0.25, 0.3) is 5.91 Å². The third-order valence-electron chi connectivity index (χ3n) is 3.10. The van der Waals surface area contributed by atoms with E-state index in [0.29, 0.717) is 13.0 Å². The second kappa shape index (κ2) is 5.70. The van der Waals surface area contributed by atoms with Gasteiger partial charge in [-0.2, -0.15) is 13.2 Å². The first-order chi connectivity index (χ1) is 9.38. The van der Waals surface area contributed by atoms with Crippen LogP contribution in [0, 0.1) is 0 Å². The summed E-state index contributed by atoms with van der Waals surface area (Å²) < 4.78 is 43.4. The first-order valence-electron chi connectivity index (χ1n) is 6.27. The molecule has 1 atom stereocenters. The van der Waals surface area contributed by atoms with Crippen molar-refractivity contribution in [3.8, 4) is 0 Å². The molecule has 1 amide bonds. The Bertz CT molecular complexity index is 497. The van der Waals surface area contributed by atoms with Gasteiger partial charge >= 0.3 is 6.18 Å². The number of carbonyl (C=O) groups excluding carboxylic acids is 1. The van der Waals surface area contributed by atoms with Gasteiger partial charge in [-0.1, -0.05) is 0 Å². The second-order valence-electron chi connectivity index (χ2n) is 4.64. The van der Waals surface area contributed by atoms with E-state index < -0.39 is 23.8 Å². The normalized spacial score (nSPS) is 19.6. The zero-order valence-electron chi connectivity index (χ0n) is 10.7. The minimum absolute atomic E-state index is 0.0608. The molecule has 3 N–H and O–H groups in total. The number of nitrogen functional groups attached to an aromatic ring is 1. The van der Waals surface area contributed by atoms with Crippen LogP contribution in [0.15, 0.2) is 18.2 Å². The number of benzene rings is 1. The summed E-state index contributed by atoms with van der Waals surface area (Å²) >= 11 is 0. The van der Waals surface area contributed by atoms with Gasteiger partial charge in [0.2, 0.25) is 0 Å². The van der Waals surface area contributed by atoms with E-state index in [1.165, 1.54) is 6.07 Å². The number of anilines is 2. The number of hydrogen-bond donors (Lipinski definition) is 2. The van der Waals surface area contributed by atoms with Crippen LogP contribution in [0.2, 0.25) is 0 Å². The summed E-state index contributed by atoms with van der Waals surface area (Å²) in [6.45, 7) is 0.494. The van der Waals surface area contributed by atoms with Crippen molar-refractivity contribution in [1.82, 2.24) is 0 Å². The van der Waals surface area contributed by atoms with Crippen molar-refractivity contribution in [3.05, 3.63) is 23.8 Å². The first kappa shape index (κ1) is 14.6. The standard InChI is InChI=1S/C13H15F3N2O2/c14-13(15,16)9-7-8(4-5-10(9)17)18-12(19)11-3-1-2-6-20-11/h4-5,7,11H,1-3,6,17H2,(H,18,19). The molecule has 2 rings (SSSR count). The number of nitrogens with one attached hydrogen (secondary N) is 1. The molecule has 1 fully saturated rings. The maximum Gasteiger partial charge on any atom is 0.418 e. The van der Waals surface area contributed by atoms with Gasteiger partial charge in [-0.3, -0.25) is 4.79 Å². The molecule has 20 heavy (non-hydrogen) atoms. The summed E-state index contributed by atoms with van der Waals surface area (Å²) in [6, 6.07) is 3.29. The number of rotatable bonds is 2. The van der Waals surface area contributed by atoms with Gasteiger partial charge in [-0.15, -0.1) is 0 Å². The van der Waals surface area contributed by atoms with Crippen LogP contribution in [0.5, 0.6) is 0 Å². The quantitative estimate of drug-likeness (QED) is 0.822. The highest BCUT2D eigenvalue weighted by Crippen LogP contribution is 2.35. The van der Waals surface area contributed by atoms with Gasteiger partial charge in [0.15, 0.2) is 0 Å². The molecule has 1 aliphatic heterocycles. The Morgan fingerprint density at radius 2 is 2.10 bits per heavy atom. The van der Waals surface area contributed by atoms with Crippen LogP contribution < -0.4 is 11.1 Å². The third-order valence-corrected chi connectivity index (χ3v) is 3.10. The Morgan fingerprint density at radius 1 is 1.35 bits per heavy atom. The van der Waals surface area contributed by atoms with E-state index >= 15 is 0 Å². The molecule has 4 nitrogen and oxygen atoms in total. The highest BCUT2D eigenvalue weighted by molar-refractivity contribution is 5.94. The van der Waals surface area contributed by atoms with Crippen molar-refractivity contribution < 1.29 is 22.7 Å². The molecular weight excluding hydrogens is 273 g/mol. The summed E-state index contributed by atoms with van der Waals surface area (Å²) in [7, 11) is 0. The molecular formula is C13H15F3N2O2. The minimum Gasteiger partial charge on any atom is -0.398 e. The fraction of sp³-hybridized carbons (Fsp3) is 0.462. The highest BCUT2D eigenvalue weighted by atomic mass is 19.4. The topological polar surface area (TPSA) is 64.3 Å². The zero-order valence-corrected chi connectivity index (χ0v) is 10.7. The summed E-state index contributed by atoms with van der Waals surface area (Å²) in [5.41, 5.74) is 4.02. The van der Waals surface area contributed by atoms with E-state index in [-0.39, 0.29) is 11.4 Å². The van der Waals surface area contributed by atoms with E-state index in [1.807, 2.05) is 0 Å². The van der Waals surface area contributed by atoms with Crippen LogP contribution in [-0.4, -0.2) is 18.6 Å². The Balaban J connectivity index is 2.11. The molecule has 0 saturated carbocycles. The summed E-state index contributed by atoms with van der Waals surface area (Å²) in [4.78, 5) is 11.9. The molecule has 0 spiro atoms. The van der Waals surface area contributed by atoms with Crippen molar-refractivity contribution in [1.29, 1.82) is 0 Å². The number of hydrogen-bond acceptors (Lipinski definition) is 3. The van der Waals surface area contributed by atoms with Gasteiger partial charge in [0.1, 0.15) is 6.10 Å². The fourth-order valence-corrected chi connectivity index (χ4v) is 2.05. The smallest absolute Gasteiger partial charge is 0.398 e. The second-order valence-corrected chi connectivity index (χ2v) is 4.64. The lowest BCUT2D eigenvalue weighted by Crippen LogP contribution is -2.33. The highest BCUT2D eigenvalue weighted by Gasteiger charge is 2.33. The average Bonchev–Trinajstić information content (AvgIpc) is 2.40. The lowest BCUT2D eigenvalue weighted by atomic mass is 10.1. The molecule has 0 radical (unpaired) electrons. The van der Waals surface area contributed by atoms with Crippen molar-refractivity contribution in [2.45, 2.75) is 31.5 Å². The van der Waals surface area contributed by atoms with E-state index in [9.17, 15) is 18.0 Å². The summed E-state index contributed by atoms with van der Waals surface area (Å²) in [5, 5.41) is 2.43. The van der Waals surface area contributed by atoms with Crippen LogP contribution in [0.4, 0.5) is 24.5 Å². The van der Waals surface area contributed by atoms with Gasteiger partial charge < -0.3 is 15.8 Å². The average molecular weight is 288 g/mol. The molecule has 0 bridgehead atoms. The fourth-order valence-electron chi connectivity index (χ4n) is 2.05. The predicted molar refractivity (Wildman–Crippen MR) is 68.1 cm³/mol. The number of amides is 1. The minimum atomic E-state index is -4.55. The molecule has 1 aromatic rings. The molecule has 1 aromatic carbocycles. The lowest BCUT2D eigenvalue weighted by molar-refractivity contribution is -0.137. The van der Waals surface area contributed by atoms with E-state index in [4.69, 9.17) is 10.5 Å². The molecule has 1 unspecified atom stereocenters. The molecule has 1 heterocycles. The number of carbonyl (C=O) groups is 1. The SMILES string of the molecule is Nc1ccc(NC(=O)C2CCCCO2)cc1C(F)(F)F. The number of alkyl halides is 3. The Labute approximate surface area is 114 Å². The van der Waals surface area contributed by atoms with Gasteiger partial charge in [-0.25, -0.2) is 0 Å². The lowest BCUT2D eigenvalue weighted by Gasteiger charge is -2.22. The molecule has 1 saturated heterocycles. The first-order valence-corrected chi connectivity index (χ1v) is 6.27. The monoisotopic (exact) mass is 288 g/mol. The maximum absolute atomic E-state index is 12.7. The molecule has 0 aromatic heterocycles. The summed E-state index contributed by atoms with van der Waals surface area (Å²) in [5.74, 6) is -0.428. The van der Waals surface area contributed by atoms with Crippen molar-refractivity contribution in [3.63, 3.8) is 0 Å². The van der Waals surface area contributed by atoms with Crippen molar-refractivity contribution >= 4 is 17.3 Å². The largest absolute Gasteiger partial charge is 0.418 e. The predicted octanol–water partition coefficient (Wildman–Crippen LogP) is 2.80. The third kappa shape index (κ3) is 3.41. The van der Waals surface area contributed by atoms with Crippen LogP contribution in [0.1, 0.15) is 24.8 Å². The summed E-state index contributed by atoms with van der Waals surface area (Å²) in [6.07, 6.45) is -2.81. The van der Waals surface area contributed by atoms with Crippen LogP contribution in [0.25, 0.3) is 0 Å². The van der Waals surface area contributed by atoms with E-state index in [0.717, 1.165) is 25.0 Å². The maximum atomic E-state index is 12.7.